The lowest BCUT2D eigenvalue weighted by Gasteiger charge is -2.22. The number of pyridine rings is 1. The lowest BCUT2D eigenvalue weighted by atomic mass is 10.0. The van der Waals surface area contributed by atoms with Gasteiger partial charge in [0, 0.05) is 34.5 Å². The number of aromatic nitrogens is 1. The van der Waals surface area contributed by atoms with Gasteiger partial charge < -0.3 is 4.57 Å². The molecule has 0 fully saturated rings. The van der Waals surface area contributed by atoms with E-state index in [1.807, 2.05) is 0 Å². The number of hydrogen-bond acceptors (Lipinski definition) is 4. The van der Waals surface area contributed by atoms with Crippen molar-refractivity contribution in [2.75, 3.05) is 0 Å². The lowest BCUT2D eigenvalue weighted by Crippen LogP contribution is -2.40. The molecule has 1 aromatic carbocycles. The predicted octanol–water partition coefficient (Wildman–Crippen LogP) is 2.74. The summed E-state index contributed by atoms with van der Waals surface area (Å²) in [6.45, 7) is 7.27. The molecule has 144 valence electrons. The molecule has 1 aromatic heterocycles. The smallest absolute Gasteiger partial charge is 0.258 e. The van der Waals surface area contributed by atoms with Crippen molar-refractivity contribution in [2.45, 2.75) is 57.5 Å². The van der Waals surface area contributed by atoms with Gasteiger partial charge in [0.05, 0.1) is 4.90 Å². The molecule has 2 aromatic rings. The van der Waals surface area contributed by atoms with E-state index in [1.54, 1.807) is 49.6 Å². The van der Waals surface area contributed by atoms with E-state index in [0.717, 1.165) is 12.1 Å². The molecule has 27 heavy (non-hydrogen) atoms. The molecule has 0 spiro atoms. The van der Waals surface area contributed by atoms with Gasteiger partial charge in [0.1, 0.15) is 0 Å². The Morgan fingerprint density at radius 2 is 1.81 bits per heavy atom. The summed E-state index contributed by atoms with van der Waals surface area (Å²) in [7, 11) is -3.84. The molecule has 0 saturated carbocycles. The molecule has 0 bridgehead atoms. The Bertz CT molecular complexity index is 1080. The highest BCUT2D eigenvalue weighted by Crippen LogP contribution is 2.29. The van der Waals surface area contributed by atoms with Gasteiger partial charge in [0.25, 0.3) is 5.56 Å². The first-order chi connectivity index (χ1) is 12.5. The van der Waals surface area contributed by atoms with Crippen molar-refractivity contribution in [3.63, 3.8) is 0 Å². The molecule has 6 nitrogen and oxygen atoms in total. The third-order valence-corrected chi connectivity index (χ3v) is 6.30. The molecule has 0 unspecified atom stereocenters. The number of ketones is 1. The first-order valence-electron chi connectivity index (χ1n) is 8.92. The molecule has 2 heterocycles. The van der Waals surface area contributed by atoms with Crippen molar-refractivity contribution in [1.82, 2.24) is 9.29 Å². The summed E-state index contributed by atoms with van der Waals surface area (Å²) in [5, 5.41) is 0. The normalized spacial score (nSPS) is 14.2. The molecule has 7 heteroatoms. The molecule has 1 N–H and O–H groups in total. The van der Waals surface area contributed by atoms with Crippen molar-refractivity contribution >= 4 is 15.8 Å². The zero-order chi connectivity index (χ0) is 20.0. The summed E-state index contributed by atoms with van der Waals surface area (Å²) in [5.74, 6) is -0.130. The average Bonchev–Trinajstić information content (AvgIpc) is 3.03. The van der Waals surface area contributed by atoms with Crippen LogP contribution in [0.4, 0.5) is 0 Å². The maximum Gasteiger partial charge on any atom is 0.258 e. The quantitative estimate of drug-likeness (QED) is 0.816. The number of benzene rings is 1. The van der Waals surface area contributed by atoms with Crippen LogP contribution in [0.25, 0.3) is 11.1 Å². The van der Waals surface area contributed by atoms with E-state index < -0.39 is 15.6 Å². The Labute approximate surface area is 159 Å². The van der Waals surface area contributed by atoms with Crippen LogP contribution in [0.3, 0.4) is 0 Å². The predicted molar refractivity (Wildman–Crippen MR) is 105 cm³/mol. The van der Waals surface area contributed by atoms with E-state index in [1.165, 1.54) is 13.0 Å². The fourth-order valence-electron chi connectivity index (χ4n) is 3.49. The van der Waals surface area contributed by atoms with Crippen molar-refractivity contribution < 1.29 is 13.2 Å². The molecule has 0 radical (unpaired) electrons. The average molecular weight is 388 g/mol. The van der Waals surface area contributed by atoms with Crippen molar-refractivity contribution in [3.05, 3.63) is 51.9 Å². The number of hydrogen-bond donors (Lipinski definition) is 1. The van der Waals surface area contributed by atoms with E-state index in [2.05, 4.69) is 4.72 Å². The third kappa shape index (κ3) is 3.75. The van der Waals surface area contributed by atoms with Crippen LogP contribution in [0.1, 0.15) is 50.2 Å². The lowest BCUT2D eigenvalue weighted by molar-refractivity contribution is 0.101. The summed E-state index contributed by atoms with van der Waals surface area (Å²) in [6.07, 6.45) is 1.47. The number of nitrogens with one attached hydrogen (secondary N) is 1. The number of Topliss-reactive ketones (excluding diaryl/α,β-unsaturated/α-hetero) is 1. The van der Waals surface area contributed by atoms with Crippen LogP contribution < -0.4 is 10.3 Å². The number of nitrogens with zero attached hydrogens (tertiary/aromatic N) is 1. The minimum atomic E-state index is -3.84. The van der Waals surface area contributed by atoms with Crippen LogP contribution in [0.5, 0.6) is 0 Å². The van der Waals surface area contributed by atoms with E-state index in [4.69, 9.17) is 0 Å². The van der Waals surface area contributed by atoms with E-state index in [-0.39, 0.29) is 21.8 Å². The van der Waals surface area contributed by atoms with Crippen LogP contribution in [-0.4, -0.2) is 24.3 Å². The second kappa shape index (κ2) is 6.73. The fourth-order valence-corrected chi connectivity index (χ4v) is 5.13. The van der Waals surface area contributed by atoms with Crippen molar-refractivity contribution in [3.8, 4) is 11.1 Å². The van der Waals surface area contributed by atoms with Crippen LogP contribution in [0.15, 0.2) is 40.0 Å². The van der Waals surface area contributed by atoms with Crippen molar-refractivity contribution in [2.24, 2.45) is 0 Å². The highest BCUT2D eigenvalue weighted by Gasteiger charge is 2.28. The summed E-state index contributed by atoms with van der Waals surface area (Å²) < 4.78 is 30.1. The van der Waals surface area contributed by atoms with Gasteiger partial charge in [-0.15, -0.1) is 0 Å². The number of fused-ring (bicyclic) bond motifs is 1. The molecule has 1 aliphatic heterocycles. The Kier molecular flexibility index (Phi) is 4.86. The third-order valence-electron chi connectivity index (χ3n) is 4.48. The minimum Gasteiger partial charge on any atom is -0.311 e. The second-order valence-corrected chi connectivity index (χ2v) is 9.54. The summed E-state index contributed by atoms with van der Waals surface area (Å²) in [4.78, 5) is 25.2. The fraction of sp³-hybridized carbons (Fsp3) is 0.400. The number of carbonyl (C=O) groups excluding carboxylic acids is 1. The molecular weight excluding hydrogens is 364 g/mol. The second-order valence-electron chi connectivity index (χ2n) is 7.89. The molecule has 0 aliphatic carbocycles. The summed E-state index contributed by atoms with van der Waals surface area (Å²) in [6, 6.07) is 7.95. The van der Waals surface area contributed by atoms with Gasteiger partial charge in [-0.1, -0.05) is 18.2 Å². The molecule has 3 rings (SSSR count). The highest BCUT2D eigenvalue weighted by atomic mass is 32.2. The first-order valence-corrected chi connectivity index (χ1v) is 10.4. The minimum absolute atomic E-state index is 0.0325. The standard InChI is InChI=1S/C20H24N2O4S/c1-13(23)15-12-16(19(24)22-11-7-9-17(15)22)14-8-5-6-10-18(14)27(25,26)21-20(2,3)4/h5-6,8,10,12,21H,7,9,11H2,1-4H3. The SMILES string of the molecule is CC(=O)c1cc(-c2ccccc2S(=O)(=O)NC(C)(C)C)c(=O)n2c1CCC2. The summed E-state index contributed by atoms with van der Waals surface area (Å²) >= 11 is 0. The van der Waals surface area contributed by atoms with Gasteiger partial charge in [0.15, 0.2) is 5.78 Å². The van der Waals surface area contributed by atoms with E-state index in [9.17, 15) is 18.0 Å². The molecule has 0 atom stereocenters. The van der Waals surface area contributed by atoms with E-state index in [0.29, 0.717) is 24.1 Å². The topological polar surface area (TPSA) is 85.2 Å². The molecule has 0 saturated heterocycles. The van der Waals surface area contributed by atoms with E-state index >= 15 is 0 Å². The Hall–Kier alpha value is -2.25. The Morgan fingerprint density at radius 3 is 2.44 bits per heavy atom. The van der Waals surface area contributed by atoms with Crippen LogP contribution >= 0.6 is 0 Å². The number of carbonyl (C=O) groups is 1. The van der Waals surface area contributed by atoms with Crippen molar-refractivity contribution in [1.29, 1.82) is 0 Å². The Balaban J connectivity index is 2.27. The van der Waals surface area contributed by atoms with Gasteiger partial charge in [-0.3, -0.25) is 9.59 Å². The van der Waals surface area contributed by atoms with Gasteiger partial charge in [-0.05, 0) is 52.7 Å². The molecule has 0 amide bonds. The maximum atomic E-state index is 13.0. The van der Waals surface area contributed by atoms with Gasteiger partial charge in [-0.2, -0.15) is 0 Å². The Morgan fingerprint density at radius 1 is 1.15 bits per heavy atom. The highest BCUT2D eigenvalue weighted by molar-refractivity contribution is 7.89. The largest absolute Gasteiger partial charge is 0.311 e. The zero-order valence-electron chi connectivity index (χ0n) is 16.0. The first kappa shape index (κ1) is 19.5. The van der Waals surface area contributed by atoms with Crippen LogP contribution in [0.2, 0.25) is 0 Å². The summed E-state index contributed by atoms with van der Waals surface area (Å²) in [5.41, 5.74) is 0.849. The monoisotopic (exact) mass is 388 g/mol. The molecule has 1 aliphatic rings. The zero-order valence-corrected chi connectivity index (χ0v) is 16.8. The van der Waals surface area contributed by atoms with Gasteiger partial charge >= 0.3 is 0 Å². The maximum absolute atomic E-state index is 13.0. The van der Waals surface area contributed by atoms with Crippen LogP contribution in [0, 0.1) is 0 Å². The number of rotatable bonds is 4. The van der Waals surface area contributed by atoms with Gasteiger partial charge in [0.2, 0.25) is 10.0 Å². The molecular formula is C20H24N2O4S. The van der Waals surface area contributed by atoms with Crippen LogP contribution in [-0.2, 0) is 23.0 Å². The number of sulfonamides is 1. The van der Waals surface area contributed by atoms with Gasteiger partial charge in [-0.25, -0.2) is 13.1 Å².